The molecule has 1 aliphatic carbocycles. The summed E-state index contributed by atoms with van der Waals surface area (Å²) in [5.41, 5.74) is 3.94. The lowest BCUT2D eigenvalue weighted by atomic mass is 9.92. The van der Waals surface area contributed by atoms with E-state index in [9.17, 15) is 9.59 Å². The van der Waals surface area contributed by atoms with E-state index in [-0.39, 0.29) is 23.1 Å². The van der Waals surface area contributed by atoms with Gasteiger partial charge in [-0.2, -0.15) is 0 Å². The molecule has 0 bridgehead atoms. The summed E-state index contributed by atoms with van der Waals surface area (Å²) in [6, 6.07) is 17.6. The second-order valence-corrected chi connectivity index (χ2v) is 8.49. The van der Waals surface area contributed by atoms with E-state index < -0.39 is 0 Å². The molecule has 0 saturated heterocycles. The van der Waals surface area contributed by atoms with Crippen LogP contribution < -0.4 is 15.6 Å². The topological polar surface area (TPSA) is 71.2 Å². The zero-order valence-electron chi connectivity index (χ0n) is 18.7. The first-order valence-electron chi connectivity index (χ1n) is 11.4. The third kappa shape index (κ3) is 4.93. The number of unbranched alkanes of at least 4 members (excludes halogenated alkanes) is 1. The number of amides is 1. The Balaban J connectivity index is 1.70. The Hall–Kier alpha value is -3.34. The Labute approximate surface area is 188 Å². The molecule has 1 aromatic heterocycles. The van der Waals surface area contributed by atoms with Crippen LogP contribution in [-0.4, -0.2) is 23.5 Å². The van der Waals surface area contributed by atoms with Crippen molar-refractivity contribution in [1.29, 1.82) is 0 Å². The van der Waals surface area contributed by atoms with Crippen molar-refractivity contribution in [1.82, 2.24) is 10.3 Å². The summed E-state index contributed by atoms with van der Waals surface area (Å²) in [5, 5.41) is 3.01. The van der Waals surface area contributed by atoms with Crippen LogP contribution >= 0.6 is 0 Å². The number of carbonyl (C=O) groups is 1. The maximum absolute atomic E-state index is 13.1. The second-order valence-electron chi connectivity index (χ2n) is 8.49. The number of aromatic nitrogens is 1. The van der Waals surface area contributed by atoms with Gasteiger partial charge in [-0.3, -0.25) is 9.59 Å². The molecule has 0 radical (unpaired) electrons. The van der Waals surface area contributed by atoms with Gasteiger partial charge in [0.25, 0.3) is 11.5 Å². The number of aryl methyl sites for hydroxylation is 1. The predicted molar refractivity (Wildman–Crippen MR) is 128 cm³/mol. The highest BCUT2D eigenvalue weighted by molar-refractivity contribution is 6.01. The minimum atomic E-state index is -0.377. The maximum atomic E-state index is 13.1. The molecule has 0 atom stereocenters. The van der Waals surface area contributed by atoms with Crippen molar-refractivity contribution < 1.29 is 9.53 Å². The lowest BCUT2D eigenvalue weighted by Gasteiger charge is -2.26. The van der Waals surface area contributed by atoms with Gasteiger partial charge in [-0.1, -0.05) is 43.2 Å². The first-order valence-corrected chi connectivity index (χ1v) is 11.4. The number of aromatic amines is 1. The molecule has 166 valence electrons. The molecule has 4 rings (SSSR count). The monoisotopic (exact) mass is 430 g/mol. The highest BCUT2D eigenvalue weighted by atomic mass is 16.5. The molecule has 32 heavy (non-hydrogen) atoms. The van der Waals surface area contributed by atoms with Crippen LogP contribution in [0.25, 0.3) is 22.4 Å². The Bertz CT molecular complexity index is 1130. The smallest absolute Gasteiger partial charge is 0.261 e. The normalized spacial score (nSPS) is 13.4. The summed E-state index contributed by atoms with van der Waals surface area (Å²) in [7, 11) is 0. The van der Waals surface area contributed by atoms with Crippen LogP contribution in [0.1, 0.15) is 54.9 Å². The Morgan fingerprint density at radius 2 is 1.75 bits per heavy atom. The molecule has 1 aliphatic rings. The highest BCUT2D eigenvalue weighted by Gasteiger charge is 2.24. The van der Waals surface area contributed by atoms with Gasteiger partial charge in [-0.05, 0) is 74.1 Å². The summed E-state index contributed by atoms with van der Waals surface area (Å²) in [6.07, 6.45) is 5.15. The second kappa shape index (κ2) is 9.86. The number of hydrogen-bond donors (Lipinski definition) is 2. The van der Waals surface area contributed by atoms with Crippen molar-refractivity contribution >= 4 is 5.91 Å². The van der Waals surface area contributed by atoms with Crippen LogP contribution in [0.3, 0.4) is 0 Å². The van der Waals surface area contributed by atoms with Gasteiger partial charge in [0.1, 0.15) is 11.3 Å². The fourth-order valence-electron chi connectivity index (χ4n) is 3.78. The summed E-state index contributed by atoms with van der Waals surface area (Å²) in [4.78, 5) is 29.0. The van der Waals surface area contributed by atoms with Gasteiger partial charge in [0.05, 0.1) is 6.61 Å². The SMILES string of the molecule is CCCCOc1ccc(-c2cc(-c3ccc(C)cc3)c(C(=O)NC3CCC3)c(=O)[nH]2)cc1. The van der Waals surface area contributed by atoms with Crippen LogP contribution in [-0.2, 0) is 0 Å². The maximum Gasteiger partial charge on any atom is 0.261 e. The van der Waals surface area contributed by atoms with E-state index in [2.05, 4.69) is 17.2 Å². The van der Waals surface area contributed by atoms with E-state index >= 15 is 0 Å². The van der Waals surface area contributed by atoms with E-state index in [0.717, 1.165) is 54.5 Å². The summed E-state index contributed by atoms with van der Waals surface area (Å²) in [6.45, 7) is 4.83. The van der Waals surface area contributed by atoms with Gasteiger partial charge >= 0.3 is 0 Å². The minimum Gasteiger partial charge on any atom is -0.494 e. The zero-order valence-corrected chi connectivity index (χ0v) is 18.7. The lowest BCUT2D eigenvalue weighted by Crippen LogP contribution is -2.41. The molecule has 5 nitrogen and oxygen atoms in total. The van der Waals surface area contributed by atoms with Crippen molar-refractivity contribution in [2.45, 2.75) is 52.0 Å². The number of benzene rings is 2. The predicted octanol–water partition coefficient (Wildman–Crippen LogP) is 5.48. The van der Waals surface area contributed by atoms with E-state index in [1.165, 1.54) is 0 Å². The molecule has 5 heteroatoms. The number of rotatable bonds is 8. The van der Waals surface area contributed by atoms with Crippen LogP contribution in [0.4, 0.5) is 0 Å². The van der Waals surface area contributed by atoms with Gasteiger partial charge in [-0.15, -0.1) is 0 Å². The van der Waals surface area contributed by atoms with Gasteiger partial charge in [0.2, 0.25) is 0 Å². The largest absolute Gasteiger partial charge is 0.494 e. The fraction of sp³-hybridized carbons (Fsp3) is 0.333. The van der Waals surface area contributed by atoms with Gasteiger partial charge in [-0.25, -0.2) is 0 Å². The zero-order chi connectivity index (χ0) is 22.5. The third-order valence-corrected chi connectivity index (χ3v) is 6.00. The minimum absolute atomic E-state index is 0.160. The number of carbonyl (C=O) groups excluding carboxylic acids is 1. The Morgan fingerprint density at radius 3 is 2.38 bits per heavy atom. The molecular formula is C27H30N2O3. The standard InChI is InChI=1S/C27H30N2O3/c1-3-4-16-32-22-14-12-20(13-15-22)24-17-23(19-10-8-18(2)9-11-19)25(27(31)29-24)26(30)28-21-6-5-7-21/h8-15,17,21H,3-7,16H2,1-2H3,(H,28,30)(H,29,31). The molecular weight excluding hydrogens is 400 g/mol. The molecule has 1 amide bonds. The molecule has 3 aromatic rings. The first-order chi connectivity index (χ1) is 15.5. The van der Waals surface area contributed by atoms with Crippen LogP contribution in [0.5, 0.6) is 5.75 Å². The lowest BCUT2D eigenvalue weighted by molar-refractivity contribution is 0.0916. The van der Waals surface area contributed by atoms with Crippen molar-refractivity contribution in [3.63, 3.8) is 0 Å². The average Bonchev–Trinajstić information content (AvgIpc) is 2.77. The summed E-state index contributed by atoms with van der Waals surface area (Å²) >= 11 is 0. The van der Waals surface area contributed by atoms with Crippen molar-refractivity contribution in [2.75, 3.05) is 6.61 Å². The van der Waals surface area contributed by atoms with E-state index in [0.29, 0.717) is 17.9 Å². The molecule has 2 aromatic carbocycles. The summed E-state index contributed by atoms with van der Waals surface area (Å²) in [5.74, 6) is 0.498. The third-order valence-electron chi connectivity index (χ3n) is 6.00. The average molecular weight is 431 g/mol. The van der Waals surface area contributed by atoms with Crippen LogP contribution in [0.2, 0.25) is 0 Å². The fourth-order valence-corrected chi connectivity index (χ4v) is 3.78. The highest BCUT2D eigenvalue weighted by Crippen LogP contribution is 2.28. The van der Waals surface area contributed by atoms with Crippen molar-refractivity contribution in [3.8, 4) is 28.1 Å². The molecule has 0 unspecified atom stereocenters. The van der Waals surface area contributed by atoms with E-state index in [4.69, 9.17) is 4.74 Å². The molecule has 1 fully saturated rings. The number of nitrogens with one attached hydrogen (secondary N) is 2. The number of H-pyrrole nitrogens is 1. The van der Waals surface area contributed by atoms with Crippen LogP contribution in [0, 0.1) is 6.92 Å². The number of ether oxygens (including phenoxy) is 1. The molecule has 2 N–H and O–H groups in total. The first kappa shape index (κ1) is 21.9. The number of pyridine rings is 1. The molecule has 1 saturated carbocycles. The molecule has 0 spiro atoms. The van der Waals surface area contributed by atoms with Gasteiger partial charge < -0.3 is 15.0 Å². The number of hydrogen-bond acceptors (Lipinski definition) is 3. The molecule has 1 heterocycles. The van der Waals surface area contributed by atoms with Gasteiger partial charge in [0.15, 0.2) is 0 Å². The quantitative estimate of drug-likeness (QED) is 0.465. The Morgan fingerprint density at radius 1 is 1.06 bits per heavy atom. The van der Waals surface area contributed by atoms with E-state index in [1.54, 1.807) is 0 Å². The van der Waals surface area contributed by atoms with Crippen molar-refractivity contribution in [3.05, 3.63) is 76.1 Å². The summed E-state index contributed by atoms with van der Waals surface area (Å²) < 4.78 is 5.74. The van der Waals surface area contributed by atoms with E-state index in [1.807, 2.05) is 61.5 Å². The van der Waals surface area contributed by atoms with Gasteiger partial charge in [0, 0.05) is 17.3 Å². The Kier molecular flexibility index (Phi) is 6.74. The van der Waals surface area contributed by atoms with Crippen molar-refractivity contribution in [2.24, 2.45) is 0 Å². The van der Waals surface area contributed by atoms with Crippen LogP contribution in [0.15, 0.2) is 59.4 Å². The molecule has 0 aliphatic heterocycles.